The second kappa shape index (κ2) is 10.6. The van der Waals surface area contributed by atoms with E-state index in [1.54, 1.807) is 0 Å². The molecule has 0 aliphatic heterocycles. The average Bonchev–Trinajstić information content (AvgIpc) is 3.07. The third kappa shape index (κ3) is 6.13. The fourth-order valence-electron chi connectivity index (χ4n) is 3.19. The Morgan fingerprint density at radius 3 is 2.61 bits per heavy atom. The summed E-state index contributed by atoms with van der Waals surface area (Å²) in [5, 5.41) is 6.20. The van der Waals surface area contributed by atoms with Crippen molar-refractivity contribution in [1.29, 1.82) is 0 Å². The Morgan fingerprint density at radius 2 is 1.91 bits per heavy atom. The van der Waals surface area contributed by atoms with Crippen LogP contribution in [0.15, 0.2) is 24.3 Å². The summed E-state index contributed by atoms with van der Waals surface area (Å²) in [5.41, 5.74) is 1.92. The van der Waals surface area contributed by atoms with Crippen molar-refractivity contribution in [2.75, 3.05) is 33.7 Å². The van der Waals surface area contributed by atoms with Crippen molar-refractivity contribution in [3.8, 4) is 0 Å². The third-order valence-electron chi connectivity index (χ3n) is 4.60. The van der Waals surface area contributed by atoms with Crippen LogP contribution in [0.1, 0.15) is 41.6 Å². The second-order valence-electron chi connectivity index (χ2n) is 6.19. The largest absolute Gasteiger partial charge is 0.351 e. The molecule has 0 atom stereocenters. The van der Waals surface area contributed by atoms with Crippen molar-refractivity contribution in [3.63, 3.8) is 0 Å². The number of carbonyl (C=O) groups excluding carboxylic acids is 1. The van der Waals surface area contributed by atoms with E-state index in [0.29, 0.717) is 12.6 Å². The first-order valence-corrected chi connectivity index (χ1v) is 8.43. The van der Waals surface area contributed by atoms with Crippen LogP contribution in [-0.4, -0.2) is 50.6 Å². The lowest BCUT2D eigenvalue weighted by molar-refractivity contribution is 0.0946. The van der Waals surface area contributed by atoms with Gasteiger partial charge in [-0.25, -0.2) is 0 Å². The highest BCUT2D eigenvalue weighted by atomic mass is 35.5. The lowest BCUT2D eigenvalue weighted by Gasteiger charge is -2.24. The van der Waals surface area contributed by atoms with Crippen molar-refractivity contribution in [1.82, 2.24) is 15.5 Å². The van der Waals surface area contributed by atoms with E-state index in [1.165, 1.54) is 25.7 Å². The maximum Gasteiger partial charge on any atom is 0.251 e. The number of nitrogens with zero attached hydrogens (tertiary/aromatic N) is 1. The van der Waals surface area contributed by atoms with E-state index in [0.717, 1.165) is 30.6 Å². The van der Waals surface area contributed by atoms with E-state index in [2.05, 4.69) is 22.6 Å². The molecule has 1 fully saturated rings. The molecule has 0 heterocycles. The molecule has 2 rings (SSSR count). The molecular weight excluding hydrogens is 310 g/mol. The number of nitrogens with one attached hydrogen (secondary N) is 2. The monoisotopic (exact) mass is 339 g/mol. The Kier molecular flexibility index (Phi) is 9.22. The lowest BCUT2D eigenvalue weighted by atomic mass is 10.0. The molecule has 130 valence electrons. The molecule has 5 heteroatoms. The van der Waals surface area contributed by atoms with Gasteiger partial charge < -0.3 is 15.5 Å². The van der Waals surface area contributed by atoms with Crippen LogP contribution in [0.2, 0.25) is 0 Å². The standard InChI is InChI=1S/C18H29N3O.ClH/c1-19-12-11-15-7-3-6-10-17(15)18(22)20-13-14-21(2)16-8-4-5-9-16;/h3,6-7,10,16,19H,4-5,8-9,11-14H2,1-2H3,(H,20,22);1H. The first kappa shape index (κ1) is 19.9. The van der Waals surface area contributed by atoms with Crippen molar-refractivity contribution >= 4 is 18.3 Å². The van der Waals surface area contributed by atoms with Gasteiger partial charge in [0.2, 0.25) is 0 Å². The zero-order valence-corrected chi connectivity index (χ0v) is 15.1. The molecule has 4 nitrogen and oxygen atoms in total. The zero-order valence-electron chi connectivity index (χ0n) is 14.3. The summed E-state index contributed by atoms with van der Waals surface area (Å²) in [7, 11) is 4.10. The Hall–Kier alpha value is -1.10. The Bertz CT molecular complexity index is 475. The van der Waals surface area contributed by atoms with Gasteiger partial charge in [-0.2, -0.15) is 0 Å². The number of halogens is 1. The maximum absolute atomic E-state index is 12.4. The molecule has 0 unspecified atom stereocenters. The molecular formula is C18H30ClN3O. The summed E-state index contributed by atoms with van der Waals surface area (Å²) in [5.74, 6) is 0.0477. The number of rotatable bonds is 8. The summed E-state index contributed by atoms with van der Waals surface area (Å²) in [6, 6.07) is 8.59. The molecule has 0 bridgehead atoms. The summed E-state index contributed by atoms with van der Waals surface area (Å²) >= 11 is 0. The number of amides is 1. The molecule has 1 aliphatic rings. The van der Waals surface area contributed by atoms with Crippen LogP contribution in [0.3, 0.4) is 0 Å². The quantitative estimate of drug-likeness (QED) is 0.764. The van der Waals surface area contributed by atoms with Crippen LogP contribution < -0.4 is 10.6 Å². The van der Waals surface area contributed by atoms with Gasteiger partial charge in [-0.15, -0.1) is 12.4 Å². The number of likely N-dealkylation sites (N-methyl/N-ethyl adjacent to an activating group) is 2. The van der Waals surface area contributed by atoms with Gasteiger partial charge in [0.15, 0.2) is 0 Å². The Balaban J connectivity index is 0.00000264. The smallest absolute Gasteiger partial charge is 0.251 e. The second-order valence-corrected chi connectivity index (χ2v) is 6.19. The lowest BCUT2D eigenvalue weighted by Crippen LogP contribution is -2.37. The molecule has 0 saturated heterocycles. The number of carbonyl (C=O) groups is 1. The normalized spacial score (nSPS) is 14.7. The Morgan fingerprint density at radius 1 is 1.22 bits per heavy atom. The van der Waals surface area contributed by atoms with Crippen molar-refractivity contribution in [3.05, 3.63) is 35.4 Å². The topological polar surface area (TPSA) is 44.4 Å². The maximum atomic E-state index is 12.4. The van der Waals surface area contributed by atoms with Crippen LogP contribution in [-0.2, 0) is 6.42 Å². The van der Waals surface area contributed by atoms with E-state index in [9.17, 15) is 4.79 Å². The first-order valence-electron chi connectivity index (χ1n) is 8.43. The summed E-state index contributed by atoms with van der Waals surface area (Å²) in [4.78, 5) is 14.8. The average molecular weight is 340 g/mol. The highest BCUT2D eigenvalue weighted by Gasteiger charge is 2.19. The van der Waals surface area contributed by atoms with Gasteiger partial charge in [-0.05, 0) is 51.5 Å². The van der Waals surface area contributed by atoms with Gasteiger partial charge in [-0.1, -0.05) is 31.0 Å². The van der Waals surface area contributed by atoms with Gasteiger partial charge in [0.1, 0.15) is 0 Å². The highest BCUT2D eigenvalue weighted by Crippen LogP contribution is 2.21. The predicted octanol–water partition coefficient (Wildman–Crippen LogP) is 2.47. The summed E-state index contributed by atoms with van der Waals surface area (Å²) in [6.07, 6.45) is 6.18. The number of hydrogen-bond acceptors (Lipinski definition) is 3. The van der Waals surface area contributed by atoms with Gasteiger partial charge in [-0.3, -0.25) is 4.79 Å². The van der Waals surface area contributed by atoms with Gasteiger partial charge in [0.05, 0.1) is 0 Å². The minimum absolute atomic E-state index is 0. The van der Waals surface area contributed by atoms with E-state index >= 15 is 0 Å². The van der Waals surface area contributed by atoms with Gasteiger partial charge in [0, 0.05) is 24.7 Å². The van der Waals surface area contributed by atoms with Crippen LogP contribution >= 0.6 is 12.4 Å². The molecule has 1 aromatic carbocycles. The van der Waals surface area contributed by atoms with E-state index in [-0.39, 0.29) is 18.3 Å². The van der Waals surface area contributed by atoms with Crippen molar-refractivity contribution < 1.29 is 4.79 Å². The van der Waals surface area contributed by atoms with Crippen LogP contribution in [0.25, 0.3) is 0 Å². The SMILES string of the molecule is CNCCc1ccccc1C(=O)NCCN(C)C1CCCC1.Cl. The molecule has 1 amide bonds. The summed E-state index contributed by atoms with van der Waals surface area (Å²) in [6.45, 7) is 2.52. The fraction of sp³-hybridized carbons (Fsp3) is 0.611. The number of benzene rings is 1. The molecule has 2 N–H and O–H groups in total. The van der Waals surface area contributed by atoms with E-state index in [1.807, 2.05) is 31.3 Å². The molecule has 0 spiro atoms. The van der Waals surface area contributed by atoms with Crippen molar-refractivity contribution in [2.24, 2.45) is 0 Å². The fourth-order valence-corrected chi connectivity index (χ4v) is 3.19. The molecule has 1 aliphatic carbocycles. The molecule has 0 aromatic heterocycles. The van der Waals surface area contributed by atoms with Crippen LogP contribution in [0.5, 0.6) is 0 Å². The molecule has 1 saturated carbocycles. The van der Waals surface area contributed by atoms with Crippen molar-refractivity contribution in [2.45, 2.75) is 38.1 Å². The Labute approximate surface area is 146 Å². The van der Waals surface area contributed by atoms with Crippen LogP contribution in [0, 0.1) is 0 Å². The minimum Gasteiger partial charge on any atom is -0.351 e. The van der Waals surface area contributed by atoms with Crippen LogP contribution in [0.4, 0.5) is 0 Å². The van der Waals surface area contributed by atoms with Gasteiger partial charge in [0.25, 0.3) is 5.91 Å². The highest BCUT2D eigenvalue weighted by molar-refractivity contribution is 5.95. The molecule has 0 radical (unpaired) electrons. The number of hydrogen-bond donors (Lipinski definition) is 2. The van der Waals surface area contributed by atoms with Gasteiger partial charge >= 0.3 is 0 Å². The van der Waals surface area contributed by atoms with E-state index < -0.39 is 0 Å². The third-order valence-corrected chi connectivity index (χ3v) is 4.60. The van der Waals surface area contributed by atoms with E-state index in [4.69, 9.17) is 0 Å². The molecule has 1 aromatic rings. The zero-order chi connectivity index (χ0) is 15.8. The predicted molar refractivity (Wildman–Crippen MR) is 98.5 cm³/mol. The minimum atomic E-state index is 0. The molecule has 23 heavy (non-hydrogen) atoms. The summed E-state index contributed by atoms with van der Waals surface area (Å²) < 4.78 is 0. The first-order chi connectivity index (χ1) is 10.7.